The average molecular weight is 223 g/mol. The summed E-state index contributed by atoms with van der Waals surface area (Å²) in [5.41, 5.74) is 7.99. The zero-order chi connectivity index (χ0) is 11.1. The van der Waals surface area contributed by atoms with Gasteiger partial charge in [-0.05, 0) is 48.6 Å². The molecular weight excluding hydrogens is 202 g/mol. The third-order valence-corrected chi connectivity index (χ3v) is 4.86. The fourth-order valence-electron chi connectivity index (χ4n) is 2.92. The van der Waals surface area contributed by atoms with Crippen LogP contribution in [0.3, 0.4) is 0 Å². The molecule has 1 aliphatic rings. The summed E-state index contributed by atoms with van der Waals surface area (Å²) in [7, 11) is 0. The summed E-state index contributed by atoms with van der Waals surface area (Å²) in [6, 6.07) is 2.23. The molecule has 0 radical (unpaired) electrons. The smallest absolute Gasteiger partial charge is 0.0449 e. The predicted molar refractivity (Wildman–Crippen MR) is 67.1 cm³/mol. The molecule has 0 saturated heterocycles. The van der Waals surface area contributed by atoms with E-state index in [-0.39, 0.29) is 5.54 Å². The van der Waals surface area contributed by atoms with E-state index in [1.165, 1.54) is 23.3 Å². The summed E-state index contributed by atoms with van der Waals surface area (Å²) < 4.78 is 0. The fraction of sp³-hybridized carbons (Fsp3) is 0.692. The van der Waals surface area contributed by atoms with Crippen molar-refractivity contribution < 1.29 is 0 Å². The molecule has 0 amide bonds. The van der Waals surface area contributed by atoms with Crippen molar-refractivity contribution in [3.63, 3.8) is 0 Å². The van der Waals surface area contributed by atoms with E-state index in [4.69, 9.17) is 5.73 Å². The van der Waals surface area contributed by atoms with E-state index in [1.54, 1.807) is 0 Å². The van der Waals surface area contributed by atoms with Gasteiger partial charge in [-0.2, -0.15) is 0 Å². The number of aryl methyl sites for hydroxylation is 1. The molecule has 3 atom stereocenters. The molecule has 1 nitrogen and oxygen atoms in total. The molecule has 0 aromatic carbocycles. The van der Waals surface area contributed by atoms with Crippen LogP contribution in [0.25, 0.3) is 0 Å². The van der Waals surface area contributed by atoms with Crippen molar-refractivity contribution in [3.05, 3.63) is 21.9 Å². The van der Waals surface area contributed by atoms with Crippen molar-refractivity contribution in [2.45, 2.75) is 45.6 Å². The summed E-state index contributed by atoms with van der Waals surface area (Å²) in [6.07, 6.45) is 3.75. The topological polar surface area (TPSA) is 26.0 Å². The van der Waals surface area contributed by atoms with Crippen molar-refractivity contribution in [1.82, 2.24) is 0 Å². The first kappa shape index (κ1) is 11.2. The van der Waals surface area contributed by atoms with E-state index >= 15 is 0 Å². The van der Waals surface area contributed by atoms with Gasteiger partial charge in [-0.3, -0.25) is 0 Å². The Bertz CT molecular complexity index is 344. The van der Waals surface area contributed by atoms with Crippen LogP contribution in [-0.2, 0) is 5.54 Å². The van der Waals surface area contributed by atoms with Crippen molar-refractivity contribution >= 4 is 11.3 Å². The number of hydrogen-bond acceptors (Lipinski definition) is 2. The number of nitrogens with two attached hydrogens (primary N) is 1. The molecule has 1 aliphatic carbocycles. The van der Waals surface area contributed by atoms with Crippen LogP contribution in [-0.4, -0.2) is 0 Å². The molecule has 2 N–H and O–H groups in total. The fourth-order valence-corrected chi connectivity index (χ4v) is 3.71. The van der Waals surface area contributed by atoms with Gasteiger partial charge in [0.05, 0.1) is 0 Å². The maximum Gasteiger partial charge on any atom is 0.0449 e. The van der Waals surface area contributed by atoms with Gasteiger partial charge in [-0.1, -0.05) is 20.3 Å². The van der Waals surface area contributed by atoms with Crippen molar-refractivity contribution in [2.75, 3.05) is 0 Å². The molecule has 0 aliphatic heterocycles. The van der Waals surface area contributed by atoms with E-state index in [1.807, 2.05) is 11.3 Å². The molecule has 15 heavy (non-hydrogen) atoms. The lowest BCUT2D eigenvalue weighted by atomic mass is 9.67. The van der Waals surface area contributed by atoms with Crippen LogP contribution < -0.4 is 5.73 Å². The first-order chi connectivity index (χ1) is 7.04. The van der Waals surface area contributed by atoms with E-state index in [0.29, 0.717) is 5.92 Å². The van der Waals surface area contributed by atoms with Gasteiger partial charge in [0.15, 0.2) is 0 Å². The number of thiophene rings is 1. The van der Waals surface area contributed by atoms with Gasteiger partial charge in [0.25, 0.3) is 0 Å². The second-order valence-electron chi connectivity index (χ2n) is 5.22. The Labute approximate surface area is 96.7 Å². The van der Waals surface area contributed by atoms with Crippen LogP contribution in [0, 0.1) is 18.8 Å². The van der Waals surface area contributed by atoms with E-state index in [0.717, 1.165) is 12.3 Å². The lowest BCUT2D eigenvalue weighted by Gasteiger charge is -2.42. The molecule has 2 rings (SSSR count). The molecule has 1 heterocycles. The van der Waals surface area contributed by atoms with Crippen LogP contribution in [0.15, 0.2) is 11.4 Å². The Kier molecular flexibility index (Phi) is 2.91. The standard InChI is InChI=1S/C13H21NS/c1-9-4-5-10(2)13(14,8-9)12-6-7-15-11(12)3/h6-7,9-10H,4-5,8,14H2,1-3H3. The zero-order valence-electron chi connectivity index (χ0n) is 9.92. The van der Waals surface area contributed by atoms with Crippen molar-refractivity contribution in [3.8, 4) is 0 Å². The Hall–Kier alpha value is -0.340. The molecule has 1 aromatic rings. The molecule has 1 aromatic heterocycles. The lowest BCUT2D eigenvalue weighted by Crippen LogP contribution is -2.47. The van der Waals surface area contributed by atoms with Gasteiger partial charge in [0.2, 0.25) is 0 Å². The highest BCUT2D eigenvalue weighted by Gasteiger charge is 2.39. The summed E-state index contributed by atoms with van der Waals surface area (Å²) in [5.74, 6) is 1.38. The van der Waals surface area contributed by atoms with E-state index in [9.17, 15) is 0 Å². The summed E-state index contributed by atoms with van der Waals surface area (Å²) in [5, 5.41) is 2.17. The SMILES string of the molecule is Cc1sccc1C1(N)CC(C)CCC1C. The third kappa shape index (κ3) is 1.85. The second-order valence-corrected chi connectivity index (χ2v) is 6.34. The molecule has 3 unspecified atom stereocenters. The maximum absolute atomic E-state index is 6.67. The Morgan fingerprint density at radius 2 is 2.13 bits per heavy atom. The molecular formula is C13H21NS. The predicted octanol–water partition coefficient (Wildman–Crippen LogP) is 3.67. The number of hydrogen-bond donors (Lipinski definition) is 1. The largest absolute Gasteiger partial charge is 0.321 e. The van der Waals surface area contributed by atoms with Gasteiger partial charge in [-0.25, -0.2) is 0 Å². The van der Waals surface area contributed by atoms with Crippen molar-refractivity contribution in [1.29, 1.82) is 0 Å². The van der Waals surface area contributed by atoms with E-state index < -0.39 is 0 Å². The van der Waals surface area contributed by atoms with Crippen LogP contribution in [0.1, 0.15) is 43.6 Å². The van der Waals surface area contributed by atoms with Gasteiger partial charge in [0, 0.05) is 10.4 Å². The van der Waals surface area contributed by atoms with Gasteiger partial charge in [-0.15, -0.1) is 11.3 Å². The molecule has 0 spiro atoms. The third-order valence-electron chi connectivity index (χ3n) is 4.02. The van der Waals surface area contributed by atoms with Crippen molar-refractivity contribution in [2.24, 2.45) is 17.6 Å². The Balaban J connectivity index is 2.35. The average Bonchev–Trinajstić information content (AvgIpc) is 2.59. The summed E-state index contributed by atoms with van der Waals surface area (Å²) in [4.78, 5) is 1.40. The minimum absolute atomic E-state index is 0.0677. The quantitative estimate of drug-likeness (QED) is 0.772. The molecule has 0 bridgehead atoms. The Morgan fingerprint density at radius 1 is 1.40 bits per heavy atom. The summed E-state index contributed by atoms with van der Waals surface area (Å²) in [6.45, 7) is 6.83. The Morgan fingerprint density at radius 3 is 2.73 bits per heavy atom. The number of rotatable bonds is 1. The highest BCUT2D eigenvalue weighted by Crippen LogP contribution is 2.43. The van der Waals surface area contributed by atoms with Crippen LogP contribution in [0.4, 0.5) is 0 Å². The van der Waals surface area contributed by atoms with E-state index in [2.05, 4.69) is 32.2 Å². The van der Waals surface area contributed by atoms with Crippen LogP contribution >= 0.6 is 11.3 Å². The first-order valence-electron chi connectivity index (χ1n) is 5.87. The second kappa shape index (κ2) is 3.91. The van der Waals surface area contributed by atoms with Crippen LogP contribution in [0.2, 0.25) is 0 Å². The lowest BCUT2D eigenvalue weighted by molar-refractivity contribution is 0.162. The highest BCUT2D eigenvalue weighted by molar-refractivity contribution is 7.10. The van der Waals surface area contributed by atoms with Gasteiger partial charge < -0.3 is 5.73 Å². The van der Waals surface area contributed by atoms with Gasteiger partial charge in [0.1, 0.15) is 0 Å². The monoisotopic (exact) mass is 223 g/mol. The van der Waals surface area contributed by atoms with Crippen LogP contribution in [0.5, 0.6) is 0 Å². The summed E-state index contributed by atoms with van der Waals surface area (Å²) >= 11 is 1.82. The zero-order valence-corrected chi connectivity index (χ0v) is 10.7. The minimum Gasteiger partial charge on any atom is -0.321 e. The highest BCUT2D eigenvalue weighted by atomic mass is 32.1. The minimum atomic E-state index is -0.0677. The molecule has 84 valence electrons. The maximum atomic E-state index is 6.67. The molecule has 1 fully saturated rings. The molecule has 1 saturated carbocycles. The van der Waals surface area contributed by atoms with Gasteiger partial charge >= 0.3 is 0 Å². The molecule has 2 heteroatoms. The first-order valence-corrected chi connectivity index (χ1v) is 6.75. The normalized spacial score (nSPS) is 36.8.